The second kappa shape index (κ2) is 4.51. The molecule has 0 aromatic rings. The van der Waals surface area contributed by atoms with Gasteiger partial charge in [-0.2, -0.15) is 0 Å². The number of aliphatic carboxylic acids is 1. The Bertz CT molecular complexity index is 264. The van der Waals surface area contributed by atoms with Gasteiger partial charge in [-0.15, -0.1) is 0 Å². The average molecular weight is 215 g/mol. The summed E-state index contributed by atoms with van der Waals surface area (Å²) in [4.78, 5) is 22.9. The highest BCUT2D eigenvalue weighted by Crippen LogP contribution is 2.28. The van der Waals surface area contributed by atoms with Crippen LogP contribution in [-0.2, 0) is 4.79 Å². The summed E-state index contributed by atoms with van der Waals surface area (Å²) in [5.74, 6) is -0.659. The Hall–Kier alpha value is -1.26. The summed E-state index contributed by atoms with van der Waals surface area (Å²) in [5, 5.41) is 17.9. The fourth-order valence-electron chi connectivity index (χ4n) is 2.19. The number of carbonyl (C=O) groups is 2. The summed E-state index contributed by atoms with van der Waals surface area (Å²) in [6.07, 6.45) is 0.696. The lowest BCUT2D eigenvalue weighted by Crippen LogP contribution is -2.44. The molecular weight excluding hydrogens is 198 g/mol. The van der Waals surface area contributed by atoms with Gasteiger partial charge in [-0.25, -0.2) is 9.59 Å². The first-order chi connectivity index (χ1) is 6.93. The third kappa shape index (κ3) is 2.61. The van der Waals surface area contributed by atoms with Crippen LogP contribution < -0.4 is 0 Å². The molecule has 2 N–H and O–H groups in total. The summed E-state index contributed by atoms with van der Waals surface area (Å²) < 4.78 is 0. The van der Waals surface area contributed by atoms with Crippen LogP contribution in [0.2, 0.25) is 0 Å². The number of carboxylic acid groups (broad SMARTS) is 2. The van der Waals surface area contributed by atoms with Crippen LogP contribution in [0.25, 0.3) is 0 Å². The van der Waals surface area contributed by atoms with Crippen molar-refractivity contribution in [3.63, 3.8) is 0 Å². The molecule has 1 fully saturated rings. The Morgan fingerprint density at radius 2 is 1.93 bits per heavy atom. The first kappa shape index (κ1) is 11.8. The molecule has 0 aromatic heterocycles. The predicted octanol–water partition coefficient (Wildman–Crippen LogP) is 1.63. The van der Waals surface area contributed by atoms with Gasteiger partial charge in [0.25, 0.3) is 0 Å². The zero-order valence-corrected chi connectivity index (χ0v) is 9.01. The van der Waals surface area contributed by atoms with E-state index in [9.17, 15) is 9.59 Å². The summed E-state index contributed by atoms with van der Waals surface area (Å²) >= 11 is 0. The van der Waals surface area contributed by atoms with Gasteiger partial charge >= 0.3 is 12.1 Å². The van der Waals surface area contributed by atoms with E-state index in [1.54, 1.807) is 0 Å². The highest BCUT2D eigenvalue weighted by atomic mass is 16.4. The van der Waals surface area contributed by atoms with Crippen LogP contribution in [0.3, 0.4) is 0 Å². The van der Waals surface area contributed by atoms with Crippen LogP contribution >= 0.6 is 0 Å². The molecule has 1 amide bonds. The van der Waals surface area contributed by atoms with Crippen LogP contribution in [0.5, 0.6) is 0 Å². The topological polar surface area (TPSA) is 77.8 Å². The molecule has 1 aliphatic heterocycles. The zero-order chi connectivity index (χ0) is 11.6. The largest absolute Gasteiger partial charge is 0.480 e. The number of carboxylic acids is 1. The molecule has 0 saturated carbocycles. The molecule has 0 aromatic carbocycles. The molecule has 15 heavy (non-hydrogen) atoms. The molecule has 1 heterocycles. The molecule has 0 spiro atoms. The third-order valence-electron chi connectivity index (χ3n) is 2.75. The fraction of sp³-hybridized carbons (Fsp3) is 0.800. The van der Waals surface area contributed by atoms with E-state index in [1.807, 2.05) is 13.8 Å². The van der Waals surface area contributed by atoms with Crippen molar-refractivity contribution in [2.45, 2.75) is 45.2 Å². The zero-order valence-electron chi connectivity index (χ0n) is 9.01. The number of amides is 1. The molecule has 0 bridgehead atoms. The maximum Gasteiger partial charge on any atom is 0.408 e. The second-order valence-corrected chi connectivity index (χ2v) is 4.40. The van der Waals surface area contributed by atoms with E-state index in [2.05, 4.69) is 0 Å². The highest BCUT2D eigenvalue weighted by molar-refractivity contribution is 5.80. The molecule has 0 aliphatic carbocycles. The summed E-state index contributed by atoms with van der Waals surface area (Å²) in [7, 11) is 0. The fourth-order valence-corrected chi connectivity index (χ4v) is 2.19. The minimum Gasteiger partial charge on any atom is -0.480 e. The Balaban J connectivity index is 2.75. The highest BCUT2D eigenvalue weighted by Gasteiger charge is 2.40. The normalized spacial score (nSPS) is 25.9. The first-order valence-corrected chi connectivity index (χ1v) is 5.17. The lowest BCUT2D eigenvalue weighted by Gasteiger charge is -2.26. The standard InChI is InChI=1S/C10H17NO4/c1-6(2)5-7-3-4-8(9(12)13)11(7)10(14)15/h6-8H,3-5H2,1-2H3,(H,12,13)(H,14,15). The molecular formula is C10H17NO4. The predicted molar refractivity (Wildman–Crippen MR) is 53.8 cm³/mol. The smallest absolute Gasteiger partial charge is 0.408 e. The molecule has 1 saturated heterocycles. The molecule has 1 aliphatic rings. The van der Waals surface area contributed by atoms with Crippen molar-refractivity contribution < 1.29 is 19.8 Å². The molecule has 86 valence electrons. The van der Waals surface area contributed by atoms with Gasteiger partial charge < -0.3 is 10.2 Å². The van der Waals surface area contributed by atoms with Crippen molar-refractivity contribution in [3.05, 3.63) is 0 Å². The van der Waals surface area contributed by atoms with Crippen molar-refractivity contribution in [2.24, 2.45) is 5.92 Å². The Morgan fingerprint density at radius 3 is 2.33 bits per heavy atom. The Kier molecular flexibility index (Phi) is 3.55. The number of nitrogens with zero attached hydrogens (tertiary/aromatic N) is 1. The van der Waals surface area contributed by atoms with E-state index in [0.717, 1.165) is 11.3 Å². The minimum absolute atomic E-state index is 0.136. The first-order valence-electron chi connectivity index (χ1n) is 5.17. The molecule has 2 unspecified atom stereocenters. The van der Waals surface area contributed by atoms with Crippen LogP contribution in [0.1, 0.15) is 33.1 Å². The van der Waals surface area contributed by atoms with E-state index in [4.69, 9.17) is 10.2 Å². The SMILES string of the molecule is CC(C)CC1CCC(C(=O)O)N1C(=O)O. The van der Waals surface area contributed by atoms with Crippen LogP contribution in [0.4, 0.5) is 4.79 Å². The molecule has 1 rings (SSSR count). The molecule has 0 radical (unpaired) electrons. The van der Waals surface area contributed by atoms with Crippen molar-refractivity contribution in [1.82, 2.24) is 4.90 Å². The molecule has 5 nitrogen and oxygen atoms in total. The summed E-state index contributed by atoms with van der Waals surface area (Å²) in [5.41, 5.74) is 0. The van der Waals surface area contributed by atoms with Gasteiger partial charge in [-0.1, -0.05) is 13.8 Å². The van der Waals surface area contributed by atoms with Gasteiger partial charge in [-0.3, -0.25) is 4.90 Å². The van der Waals surface area contributed by atoms with E-state index >= 15 is 0 Å². The van der Waals surface area contributed by atoms with Gasteiger partial charge in [0.2, 0.25) is 0 Å². The average Bonchev–Trinajstić information content (AvgIpc) is 2.46. The lowest BCUT2D eigenvalue weighted by molar-refractivity contribution is -0.142. The maximum absolute atomic E-state index is 11.0. The van der Waals surface area contributed by atoms with E-state index < -0.39 is 18.1 Å². The van der Waals surface area contributed by atoms with E-state index in [0.29, 0.717) is 18.8 Å². The van der Waals surface area contributed by atoms with Gasteiger partial charge in [0.1, 0.15) is 6.04 Å². The van der Waals surface area contributed by atoms with E-state index in [1.165, 1.54) is 0 Å². The van der Waals surface area contributed by atoms with Crippen molar-refractivity contribution >= 4 is 12.1 Å². The minimum atomic E-state index is -1.12. The molecule has 5 heteroatoms. The van der Waals surface area contributed by atoms with Crippen LogP contribution in [-0.4, -0.2) is 39.3 Å². The maximum atomic E-state index is 11.0. The number of hydrogen-bond donors (Lipinski definition) is 2. The summed E-state index contributed by atoms with van der Waals surface area (Å²) in [6, 6.07) is -0.991. The Labute approximate surface area is 88.7 Å². The Morgan fingerprint density at radius 1 is 1.33 bits per heavy atom. The van der Waals surface area contributed by atoms with Crippen molar-refractivity contribution in [2.75, 3.05) is 0 Å². The van der Waals surface area contributed by atoms with Crippen LogP contribution in [0.15, 0.2) is 0 Å². The van der Waals surface area contributed by atoms with Gasteiger partial charge in [0.05, 0.1) is 0 Å². The number of rotatable bonds is 3. The second-order valence-electron chi connectivity index (χ2n) is 4.40. The third-order valence-corrected chi connectivity index (χ3v) is 2.75. The van der Waals surface area contributed by atoms with E-state index in [-0.39, 0.29) is 6.04 Å². The van der Waals surface area contributed by atoms with Gasteiger partial charge in [0, 0.05) is 6.04 Å². The monoisotopic (exact) mass is 215 g/mol. The van der Waals surface area contributed by atoms with Gasteiger partial charge in [-0.05, 0) is 25.2 Å². The number of likely N-dealkylation sites (tertiary alicyclic amines) is 1. The van der Waals surface area contributed by atoms with Crippen molar-refractivity contribution in [1.29, 1.82) is 0 Å². The van der Waals surface area contributed by atoms with Crippen molar-refractivity contribution in [3.8, 4) is 0 Å². The van der Waals surface area contributed by atoms with Gasteiger partial charge in [0.15, 0.2) is 0 Å². The number of hydrogen-bond acceptors (Lipinski definition) is 2. The lowest BCUT2D eigenvalue weighted by atomic mass is 10.0. The quantitative estimate of drug-likeness (QED) is 0.750. The summed E-state index contributed by atoms with van der Waals surface area (Å²) in [6.45, 7) is 4.02. The molecule has 2 atom stereocenters. The van der Waals surface area contributed by atoms with Crippen LogP contribution in [0, 0.1) is 5.92 Å².